The minimum Gasteiger partial charge on any atom is -0.445 e. The molecule has 2 saturated heterocycles. The van der Waals surface area contributed by atoms with E-state index >= 15 is 0 Å². The van der Waals surface area contributed by atoms with Gasteiger partial charge in [0, 0.05) is 42.9 Å². The van der Waals surface area contributed by atoms with Crippen LogP contribution in [0.1, 0.15) is 43.2 Å². The van der Waals surface area contributed by atoms with E-state index in [0.717, 1.165) is 30.4 Å². The van der Waals surface area contributed by atoms with Crippen LogP contribution >= 0.6 is 0 Å². The predicted molar refractivity (Wildman–Crippen MR) is 106 cm³/mol. The van der Waals surface area contributed by atoms with Gasteiger partial charge in [0.25, 0.3) is 0 Å². The summed E-state index contributed by atoms with van der Waals surface area (Å²) >= 11 is 0. The summed E-state index contributed by atoms with van der Waals surface area (Å²) in [6.45, 7) is 0.262. The number of benzene rings is 1. The van der Waals surface area contributed by atoms with Gasteiger partial charge in [-0.05, 0) is 30.9 Å². The van der Waals surface area contributed by atoms with E-state index in [1.807, 2.05) is 47.5 Å². The smallest absolute Gasteiger partial charge is 0.410 e. The molecule has 0 saturated carbocycles. The zero-order valence-corrected chi connectivity index (χ0v) is 16.1. The second kappa shape index (κ2) is 7.15. The van der Waals surface area contributed by atoms with Gasteiger partial charge in [0.1, 0.15) is 6.61 Å². The van der Waals surface area contributed by atoms with Crippen molar-refractivity contribution >= 4 is 11.7 Å². The Hall–Kier alpha value is -2.93. The molecule has 5 rings (SSSR count). The summed E-state index contributed by atoms with van der Waals surface area (Å²) in [5.41, 5.74) is 1.35. The van der Waals surface area contributed by atoms with Crippen molar-refractivity contribution in [3.63, 3.8) is 0 Å². The largest absolute Gasteiger partial charge is 0.445 e. The SMILES string of the molecule is O=C(OCc1ccccc1)N1C2CCCC1CC(O)(c1cnn3cccnc13)C2. The van der Waals surface area contributed by atoms with Crippen molar-refractivity contribution in [1.82, 2.24) is 19.5 Å². The molecule has 2 bridgehead atoms. The Labute approximate surface area is 168 Å². The van der Waals surface area contributed by atoms with E-state index < -0.39 is 5.60 Å². The molecule has 1 N–H and O–H groups in total. The molecule has 7 heteroatoms. The van der Waals surface area contributed by atoms with Crippen molar-refractivity contribution in [3.05, 3.63) is 66.1 Å². The van der Waals surface area contributed by atoms with Crippen LogP contribution in [0.3, 0.4) is 0 Å². The number of ether oxygens (including phenoxy) is 1. The molecule has 4 heterocycles. The number of carbonyl (C=O) groups excluding carboxylic acids is 1. The van der Waals surface area contributed by atoms with Crippen LogP contribution in [0.5, 0.6) is 0 Å². The number of hydrogen-bond donors (Lipinski definition) is 1. The van der Waals surface area contributed by atoms with Gasteiger partial charge in [0.15, 0.2) is 5.65 Å². The lowest BCUT2D eigenvalue weighted by atomic mass is 9.73. The summed E-state index contributed by atoms with van der Waals surface area (Å²) in [4.78, 5) is 19.2. The molecule has 150 valence electrons. The zero-order valence-electron chi connectivity index (χ0n) is 16.1. The molecular formula is C22H24N4O3. The number of nitrogens with zero attached hydrogens (tertiary/aromatic N) is 4. The van der Waals surface area contributed by atoms with Gasteiger partial charge < -0.3 is 14.7 Å². The molecule has 7 nitrogen and oxygen atoms in total. The van der Waals surface area contributed by atoms with Crippen molar-refractivity contribution < 1.29 is 14.6 Å². The topological polar surface area (TPSA) is 80.0 Å². The Kier molecular flexibility index (Phi) is 4.47. The third kappa shape index (κ3) is 3.25. The summed E-state index contributed by atoms with van der Waals surface area (Å²) < 4.78 is 7.29. The summed E-state index contributed by atoms with van der Waals surface area (Å²) in [7, 11) is 0. The van der Waals surface area contributed by atoms with Crippen molar-refractivity contribution in [2.45, 2.75) is 56.4 Å². The minimum absolute atomic E-state index is 0.0468. The number of hydrogen-bond acceptors (Lipinski definition) is 5. The standard InChI is InChI=1S/C22H24N4O3/c27-21(29-15-16-6-2-1-3-7-16)26-17-8-4-9-18(26)13-22(28,12-17)19-14-24-25-11-5-10-23-20(19)25/h1-3,5-7,10-11,14,17-18,28H,4,8-9,12-13,15H2. The maximum Gasteiger partial charge on any atom is 0.410 e. The van der Waals surface area contributed by atoms with Crippen molar-refractivity contribution in [3.8, 4) is 0 Å². The highest BCUT2D eigenvalue weighted by Crippen LogP contribution is 2.45. The third-order valence-corrected chi connectivity index (χ3v) is 6.20. The van der Waals surface area contributed by atoms with Crippen LogP contribution in [-0.2, 0) is 16.9 Å². The molecule has 29 heavy (non-hydrogen) atoms. The summed E-state index contributed by atoms with van der Waals surface area (Å²) in [6, 6.07) is 11.4. The Morgan fingerprint density at radius 2 is 1.93 bits per heavy atom. The van der Waals surface area contributed by atoms with Gasteiger partial charge >= 0.3 is 6.09 Å². The van der Waals surface area contributed by atoms with Gasteiger partial charge in [-0.1, -0.05) is 30.3 Å². The highest BCUT2D eigenvalue weighted by molar-refractivity contribution is 5.69. The van der Waals surface area contributed by atoms with E-state index in [2.05, 4.69) is 10.1 Å². The first-order valence-electron chi connectivity index (χ1n) is 10.1. The molecular weight excluding hydrogens is 368 g/mol. The van der Waals surface area contributed by atoms with Crippen LogP contribution in [0, 0.1) is 0 Å². The Morgan fingerprint density at radius 1 is 1.17 bits per heavy atom. The molecule has 2 aliphatic rings. The van der Waals surface area contributed by atoms with Crippen LogP contribution in [0.4, 0.5) is 4.79 Å². The van der Waals surface area contributed by atoms with Gasteiger partial charge in [-0.3, -0.25) is 0 Å². The molecule has 0 radical (unpaired) electrons. The van der Waals surface area contributed by atoms with Crippen molar-refractivity contribution in [1.29, 1.82) is 0 Å². The average molecular weight is 392 g/mol. The number of amides is 1. The van der Waals surface area contributed by atoms with Crippen LogP contribution in [0.15, 0.2) is 55.0 Å². The van der Waals surface area contributed by atoms with Crippen molar-refractivity contribution in [2.24, 2.45) is 0 Å². The molecule has 1 amide bonds. The minimum atomic E-state index is -1.04. The second-order valence-corrected chi connectivity index (χ2v) is 8.07. The summed E-state index contributed by atoms with van der Waals surface area (Å²) in [6.07, 6.45) is 8.69. The molecule has 2 aromatic heterocycles. The van der Waals surface area contributed by atoms with E-state index in [4.69, 9.17) is 4.74 Å². The fourth-order valence-corrected chi connectivity index (χ4v) is 4.90. The van der Waals surface area contributed by atoms with Crippen LogP contribution in [-0.4, -0.2) is 42.8 Å². The lowest BCUT2D eigenvalue weighted by Crippen LogP contribution is -2.58. The molecule has 0 spiro atoms. The lowest BCUT2D eigenvalue weighted by Gasteiger charge is -2.51. The van der Waals surface area contributed by atoms with E-state index in [9.17, 15) is 9.90 Å². The first-order chi connectivity index (χ1) is 14.1. The van der Waals surface area contributed by atoms with E-state index in [1.165, 1.54) is 0 Å². The van der Waals surface area contributed by atoms with Crippen LogP contribution in [0.25, 0.3) is 5.65 Å². The molecule has 2 atom stereocenters. The normalized spacial score (nSPS) is 26.4. The van der Waals surface area contributed by atoms with Crippen molar-refractivity contribution in [2.75, 3.05) is 0 Å². The summed E-state index contributed by atoms with van der Waals surface area (Å²) in [5.74, 6) is 0. The molecule has 2 fully saturated rings. The zero-order chi connectivity index (χ0) is 19.8. The highest BCUT2D eigenvalue weighted by Gasteiger charge is 2.49. The number of fused-ring (bicyclic) bond motifs is 3. The second-order valence-electron chi connectivity index (χ2n) is 8.07. The molecule has 2 unspecified atom stereocenters. The maximum absolute atomic E-state index is 12.9. The molecule has 3 aromatic rings. The fourth-order valence-electron chi connectivity index (χ4n) is 4.90. The average Bonchev–Trinajstić information content (AvgIpc) is 3.17. The molecule has 2 aliphatic heterocycles. The van der Waals surface area contributed by atoms with Gasteiger partial charge in [-0.2, -0.15) is 5.10 Å². The van der Waals surface area contributed by atoms with Gasteiger partial charge in [-0.15, -0.1) is 0 Å². The van der Waals surface area contributed by atoms with Gasteiger partial charge in [0.05, 0.1) is 11.8 Å². The van der Waals surface area contributed by atoms with Gasteiger partial charge in [0.2, 0.25) is 0 Å². The number of aromatic nitrogens is 3. The fraction of sp³-hybridized carbons (Fsp3) is 0.409. The monoisotopic (exact) mass is 392 g/mol. The van der Waals surface area contributed by atoms with Gasteiger partial charge in [-0.25, -0.2) is 14.3 Å². The Balaban J connectivity index is 1.36. The number of aliphatic hydroxyl groups is 1. The predicted octanol–water partition coefficient (Wildman–Crippen LogP) is 3.27. The number of piperidine rings is 2. The molecule has 1 aromatic carbocycles. The van der Waals surface area contributed by atoms with Crippen LogP contribution in [0.2, 0.25) is 0 Å². The van der Waals surface area contributed by atoms with Crippen LogP contribution < -0.4 is 0 Å². The third-order valence-electron chi connectivity index (χ3n) is 6.20. The summed E-state index contributed by atoms with van der Waals surface area (Å²) in [5, 5.41) is 15.9. The lowest BCUT2D eigenvalue weighted by molar-refractivity contribution is -0.0889. The molecule has 0 aliphatic carbocycles. The number of rotatable bonds is 3. The van der Waals surface area contributed by atoms with E-state index in [-0.39, 0.29) is 24.8 Å². The quantitative estimate of drug-likeness (QED) is 0.740. The Morgan fingerprint density at radius 3 is 2.69 bits per heavy atom. The van der Waals surface area contributed by atoms with E-state index in [1.54, 1.807) is 16.9 Å². The first kappa shape index (κ1) is 18.1. The number of carbonyl (C=O) groups is 1. The Bertz CT molecular complexity index is 1010. The van der Waals surface area contributed by atoms with E-state index in [0.29, 0.717) is 18.5 Å². The maximum atomic E-state index is 12.9. The highest BCUT2D eigenvalue weighted by atomic mass is 16.6. The first-order valence-corrected chi connectivity index (χ1v) is 10.1.